The fourth-order valence-corrected chi connectivity index (χ4v) is 5.14. The van der Waals surface area contributed by atoms with E-state index < -0.39 is 0 Å². The number of hydrogen-bond donors (Lipinski definition) is 0. The van der Waals surface area contributed by atoms with E-state index in [9.17, 15) is 0 Å². The van der Waals surface area contributed by atoms with E-state index in [4.69, 9.17) is 4.98 Å². The molecule has 5 aromatic carbocycles. The molecule has 0 aliphatic carbocycles. The summed E-state index contributed by atoms with van der Waals surface area (Å²) in [5, 5.41) is 0. The minimum Gasteiger partial charge on any atom is -0.352 e. The summed E-state index contributed by atoms with van der Waals surface area (Å²) >= 11 is 0. The van der Waals surface area contributed by atoms with Crippen LogP contribution in [0, 0.1) is 12.1 Å². The number of aromatic nitrogens is 4. The maximum absolute atomic E-state index is 4.71. The van der Waals surface area contributed by atoms with Gasteiger partial charge in [0.1, 0.15) is 0 Å². The van der Waals surface area contributed by atoms with Gasteiger partial charge in [0.25, 0.3) is 0 Å². The van der Waals surface area contributed by atoms with Crippen molar-refractivity contribution in [3.8, 4) is 16.9 Å². The van der Waals surface area contributed by atoms with Crippen molar-refractivity contribution in [3.05, 3.63) is 164 Å². The molecule has 0 spiro atoms. The Morgan fingerprint density at radius 2 is 1.16 bits per heavy atom. The Morgan fingerprint density at radius 3 is 1.80 bits per heavy atom. The van der Waals surface area contributed by atoms with E-state index in [1.807, 2.05) is 108 Å². The molecule has 0 aliphatic rings. The van der Waals surface area contributed by atoms with Crippen LogP contribution in [0.25, 0.3) is 16.9 Å². The molecule has 2 aromatic heterocycles. The van der Waals surface area contributed by atoms with Gasteiger partial charge in [0.05, 0.1) is 6.33 Å². The molecule has 0 N–H and O–H groups in total. The second-order valence-electron chi connectivity index (χ2n) is 10.1. The van der Waals surface area contributed by atoms with Crippen molar-refractivity contribution < 1.29 is 21.1 Å². The fourth-order valence-electron chi connectivity index (χ4n) is 5.14. The van der Waals surface area contributed by atoms with Crippen LogP contribution in [0.3, 0.4) is 0 Å². The molecule has 216 valence electrons. The van der Waals surface area contributed by atoms with Crippen LogP contribution in [0.15, 0.2) is 152 Å². The van der Waals surface area contributed by atoms with Crippen molar-refractivity contribution in [1.82, 2.24) is 19.1 Å². The molecule has 7 rings (SSSR count). The van der Waals surface area contributed by atoms with Crippen LogP contribution in [0.2, 0.25) is 0 Å². The average Bonchev–Trinajstić information content (AvgIpc) is 3.73. The molecule has 2 heterocycles. The number of nitrogens with zero attached hydrogens (tertiary/aromatic N) is 6. The van der Waals surface area contributed by atoms with E-state index in [1.54, 1.807) is 0 Å². The first-order valence-electron chi connectivity index (χ1n) is 14.1. The second kappa shape index (κ2) is 13.0. The third-order valence-corrected chi connectivity index (χ3v) is 7.20. The molecule has 7 aromatic rings. The summed E-state index contributed by atoms with van der Waals surface area (Å²) in [5.74, 6) is 0.799. The van der Waals surface area contributed by atoms with Crippen molar-refractivity contribution in [3.63, 3.8) is 0 Å². The van der Waals surface area contributed by atoms with Gasteiger partial charge in [-0.3, -0.25) is 4.98 Å². The topological polar surface area (TPSA) is 42.1 Å². The van der Waals surface area contributed by atoms with E-state index in [0.717, 1.165) is 51.3 Å². The van der Waals surface area contributed by atoms with Gasteiger partial charge >= 0.3 is 21.1 Å². The zero-order chi connectivity index (χ0) is 29.0. The molecule has 44 heavy (non-hydrogen) atoms. The molecule has 7 heteroatoms. The summed E-state index contributed by atoms with van der Waals surface area (Å²) in [4.78, 5) is 13.7. The summed E-state index contributed by atoms with van der Waals surface area (Å²) in [7, 11) is 2.00. The number of hydrogen-bond acceptors (Lipinski definition) is 4. The van der Waals surface area contributed by atoms with Gasteiger partial charge in [-0.15, -0.1) is 48.0 Å². The van der Waals surface area contributed by atoms with Gasteiger partial charge in [0.15, 0.2) is 0 Å². The minimum absolute atomic E-state index is 0. The summed E-state index contributed by atoms with van der Waals surface area (Å²) in [5.41, 5.74) is 7.45. The third-order valence-electron chi connectivity index (χ3n) is 7.20. The van der Waals surface area contributed by atoms with Gasteiger partial charge in [0, 0.05) is 42.2 Å². The normalized spacial score (nSPS) is 10.7. The zero-order valence-corrected chi connectivity index (χ0v) is 26.2. The van der Waals surface area contributed by atoms with E-state index in [1.165, 1.54) is 0 Å². The quantitative estimate of drug-likeness (QED) is 0.146. The molecular weight excluding hydrogens is 724 g/mol. The summed E-state index contributed by atoms with van der Waals surface area (Å²) in [6.07, 6.45) is 7.64. The number of aryl methyl sites for hydroxylation is 1. The Balaban J connectivity index is 0.00000343. The van der Waals surface area contributed by atoms with Gasteiger partial charge in [-0.1, -0.05) is 66.0 Å². The third kappa shape index (κ3) is 5.85. The first kappa shape index (κ1) is 28.9. The number of imidazole rings is 2. The van der Waals surface area contributed by atoms with Crippen LogP contribution in [-0.4, -0.2) is 19.1 Å². The molecule has 0 saturated carbocycles. The zero-order valence-electron chi connectivity index (χ0n) is 23.9. The minimum atomic E-state index is 0. The Bertz CT molecular complexity index is 1950. The predicted molar refractivity (Wildman–Crippen MR) is 173 cm³/mol. The number of para-hydroxylation sites is 3. The van der Waals surface area contributed by atoms with Crippen LogP contribution < -0.4 is 9.80 Å². The van der Waals surface area contributed by atoms with Gasteiger partial charge in [0.2, 0.25) is 5.95 Å². The summed E-state index contributed by atoms with van der Waals surface area (Å²) in [6, 6.07) is 50.4. The molecule has 0 radical (unpaired) electrons. The smallest absolute Gasteiger partial charge is 0.352 e. The largest absolute Gasteiger partial charge is 2.00 e. The molecule has 0 saturated heterocycles. The molecule has 0 unspecified atom stereocenters. The second-order valence-corrected chi connectivity index (χ2v) is 10.1. The van der Waals surface area contributed by atoms with Crippen molar-refractivity contribution in [2.24, 2.45) is 7.05 Å². The number of rotatable bonds is 8. The Kier molecular flexibility index (Phi) is 8.53. The summed E-state index contributed by atoms with van der Waals surface area (Å²) < 4.78 is 4.03. The predicted octanol–water partition coefficient (Wildman–Crippen LogP) is 8.81. The standard InChI is InChI=1S/C37H28N6.Pt/c1-40-24-23-38-37(40)43(32-18-9-4-10-19-32)35-22-12-21-34(26-35)42(31-16-7-3-8-17-31)33-20-11-13-29(25-33)36-27-41(28-39-36)30-14-5-2-6-15-30;/h2-24,27-28H,1H3;/q-2;+2. The van der Waals surface area contributed by atoms with Gasteiger partial charge in [-0.05, 0) is 48.3 Å². The Labute approximate surface area is 271 Å². The van der Waals surface area contributed by atoms with E-state index in [0.29, 0.717) is 0 Å². The fraction of sp³-hybridized carbons (Fsp3) is 0.0270. The maximum atomic E-state index is 4.71. The molecular formula is C37H28N6Pt. The number of benzene rings is 5. The van der Waals surface area contributed by atoms with Gasteiger partial charge in [-0.2, -0.15) is 6.07 Å². The Hall–Kier alpha value is -5.19. The first-order chi connectivity index (χ1) is 21.2. The van der Waals surface area contributed by atoms with Gasteiger partial charge < -0.3 is 18.9 Å². The molecule has 0 atom stereocenters. The van der Waals surface area contributed by atoms with Crippen LogP contribution in [0.5, 0.6) is 0 Å². The van der Waals surface area contributed by atoms with Crippen LogP contribution >= 0.6 is 0 Å². The monoisotopic (exact) mass is 751 g/mol. The van der Waals surface area contributed by atoms with Crippen LogP contribution in [-0.2, 0) is 28.1 Å². The number of anilines is 6. The van der Waals surface area contributed by atoms with Crippen LogP contribution in [0.1, 0.15) is 0 Å². The molecule has 0 aliphatic heterocycles. The maximum Gasteiger partial charge on any atom is 2.00 e. The van der Waals surface area contributed by atoms with E-state index in [2.05, 4.69) is 87.6 Å². The van der Waals surface area contributed by atoms with Gasteiger partial charge in [-0.25, -0.2) is 4.98 Å². The molecule has 6 nitrogen and oxygen atoms in total. The average molecular weight is 752 g/mol. The molecule has 0 fully saturated rings. The SMILES string of the molecule is Cn1ccnc1N(c1[c-]c(N(c2[c-]c(-c3cn(-c4ccccc4)cn3)ccc2)c2ccccc2)ccc1)c1ccccc1.[Pt+2]. The van der Waals surface area contributed by atoms with Crippen molar-refractivity contribution >= 4 is 34.4 Å². The molecule has 0 amide bonds. The summed E-state index contributed by atoms with van der Waals surface area (Å²) in [6.45, 7) is 0. The Morgan fingerprint density at radius 1 is 0.591 bits per heavy atom. The van der Waals surface area contributed by atoms with Crippen molar-refractivity contribution in [1.29, 1.82) is 0 Å². The molecule has 0 bridgehead atoms. The van der Waals surface area contributed by atoms with Crippen molar-refractivity contribution in [2.45, 2.75) is 0 Å². The first-order valence-corrected chi connectivity index (χ1v) is 14.1. The van der Waals surface area contributed by atoms with Crippen LogP contribution in [0.4, 0.5) is 34.4 Å². The van der Waals surface area contributed by atoms with E-state index in [-0.39, 0.29) is 21.1 Å². The van der Waals surface area contributed by atoms with Crippen molar-refractivity contribution in [2.75, 3.05) is 9.80 Å². The van der Waals surface area contributed by atoms with E-state index >= 15 is 0 Å².